The van der Waals surface area contributed by atoms with Crippen molar-refractivity contribution in [1.82, 2.24) is 5.32 Å². The van der Waals surface area contributed by atoms with Crippen molar-refractivity contribution < 1.29 is 14.3 Å². The smallest absolute Gasteiger partial charge is 0.246 e. The maximum atomic E-state index is 11.9. The lowest BCUT2D eigenvalue weighted by atomic mass is 10.1. The molecule has 0 fully saturated rings. The summed E-state index contributed by atoms with van der Waals surface area (Å²) < 4.78 is 5.35. The number of ether oxygens (including phenoxy) is 1. The summed E-state index contributed by atoms with van der Waals surface area (Å²) in [6, 6.07) is 15.8. The molecule has 2 amide bonds. The predicted octanol–water partition coefficient (Wildman–Crippen LogP) is 2.07. The fourth-order valence-corrected chi connectivity index (χ4v) is 2.41. The summed E-state index contributed by atoms with van der Waals surface area (Å²) in [4.78, 5) is 23.5. The van der Waals surface area contributed by atoms with Crippen molar-refractivity contribution in [3.8, 4) is 0 Å². The van der Waals surface area contributed by atoms with Crippen LogP contribution >= 0.6 is 11.6 Å². The largest absolute Gasteiger partial charge is 0.368 e. The van der Waals surface area contributed by atoms with E-state index >= 15 is 0 Å². The third-order valence-electron chi connectivity index (χ3n) is 3.35. The Morgan fingerprint density at radius 1 is 1.08 bits per heavy atom. The second kappa shape index (κ2) is 9.05. The molecule has 0 heterocycles. The maximum absolute atomic E-state index is 11.9. The van der Waals surface area contributed by atoms with Gasteiger partial charge in [0.1, 0.15) is 12.6 Å². The summed E-state index contributed by atoms with van der Waals surface area (Å²) in [5, 5.41) is 3.15. The average Bonchev–Trinajstić information content (AvgIpc) is 2.55. The summed E-state index contributed by atoms with van der Waals surface area (Å²) in [6.07, 6.45) is 0.278. The number of benzene rings is 2. The van der Waals surface area contributed by atoms with E-state index in [9.17, 15) is 9.59 Å². The van der Waals surface area contributed by atoms with Gasteiger partial charge in [-0.15, -0.1) is 0 Å². The van der Waals surface area contributed by atoms with Gasteiger partial charge in [0, 0.05) is 11.4 Å². The van der Waals surface area contributed by atoms with E-state index in [4.69, 9.17) is 22.1 Å². The van der Waals surface area contributed by atoms with Gasteiger partial charge in [-0.3, -0.25) is 9.59 Å². The zero-order valence-corrected chi connectivity index (χ0v) is 13.8. The monoisotopic (exact) mass is 346 g/mol. The van der Waals surface area contributed by atoms with E-state index in [0.29, 0.717) is 11.6 Å². The molecule has 24 heavy (non-hydrogen) atoms. The number of nitrogens with one attached hydrogen (secondary N) is 1. The minimum Gasteiger partial charge on any atom is -0.368 e. The SMILES string of the molecule is NC(=O)[C@H](Cc1cccc(Cl)c1)NC(=O)COCc1ccccc1. The molecule has 0 radical (unpaired) electrons. The lowest BCUT2D eigenvalue weighted by molar-refractivity contribution is -0.130. The molecular weight excluding hydrogens is 328 g/mol. The number of hydrogen-bond donors (Lipinski definition) is 2. The highest BCUT2D eigenvalue weighted by Crippen LogP contribution is 2.12. The second-order valence-electron chi connectivity index (χ2n) is 5.33. The molecule has 2 aromatic rings. The quantitative estimate of drug-likeness (QED) is 0.767. The lowest BCUT2D eigenvalue weighted by Gasteiger charge is -2.16. The van der Waals surface area contributed by atoms with Gasteiger partial charge in [-0.2, -0.15) is 0 Å². The molecule has 0 aliphatic carbocycles. The fraction of sp³-hybridized carbons (Fsp3) is 0.222. The van der Waals surface area contributed by atoms with Crippen molar-refractivity contribution in [3.63, 3.8) is 0 Å². The van der Waals surface area contributed by atoms with Gasteiger partial charge in [0.25, 0.3) is 0 Å². The van der Waals surface area contributed by atoms with Crippen molar-refractivity contribution in [2.45, 2.75) is 19.1 Å². The number of amides is 2. The molecule has 0 spiro atoms. The molecule has 0 aromatic heterocycles. The number of hydrogen-bond acceptors (Lipinski definition) is 3. The van der Waals surface area contributed by atoms with Crippen LogP contribution in [0.2, 0.25) is 5.02 Å². The maximum Gasteiger partial charge on any atom is 0.246 e. The van der Waals surface area contributed by atoms with Gasteiger partial charge in [-0.05, 0) is 23.3 Å². The van der Waals surface area contributed by atoms with E-state index in [0.717, 1.165) is 11.1 Å². The van der Waals surface area contributed by atoms with Gasteiger partial charge < -0.3 is 15.8 Å². The van der Waals surface area contributed by atoms with Crippen molar-refractivity contribution in [2.75, 3.05) is 6.61 Å². The zero-order chi connectivity index (χ0) is 17.4. The molecule has 0 bridgehead atoms. The predicted molar refractivity (Wildman–Crippen MR) is 92.4 cm³/mol. The first-order valence-corrected chi connectivity index (χ1v) is 7.87. The summed E-state index contributed by atoms with van der Waals surface area (Å²) in [7, 11) is 0. The van der Waals surface area contributed by atoms with Crippen LogP contribution in [0.15, 0.2) is 54.6 Å². The summed E-state index contributed by atoms with van der Waals surface area (Å²) >= 11 is 5.92. The Labute approximate surface area is 145 Å². The zero-order valence-electron chi connectivity index (χ0n) is 13.1. The lowest BCUT2D eigenvalue weighted by Crippen LogP contribution is -2.47. The molecule has 5 nitrogen and oxygen atoms in total. The Morgan fingerprint density at radius 3 is 2.46 bits per heavy atom. The van der Waals surface area contributed by atoms with Gasteiger partial charge in [0.05, 0.1) is 6.61 Å². The fourth-order valence-electron chi connectivity index (χ4n) is 2.19. The van der Waals surface area contributed by atoms with Gasteiger partial charge in [-0.1, -0.05) is 54.1 Å². The highest BCUT2D eigenvalue weighted by molar-refractivity contribution is 6.30. The van der Waals surface area contributed by atoms with Crippen molar-refractivity contribution in [2.24, 2.45) is 5.73 Å². The minimum absolute atomic E-state index is 0.145. The highest BCUT2D eigenvalue weighted by Gasteiger charge is 2.18. The number of halogens is 1. The average molecular weight is 347 g/mol. The van der Waals surface area contributed by atoms with E-state index in [1.165, 1.54) is 0 Å². The van der Waals surface area contributed by atoms with Crippen LogP contribution in [0.1, 0.15) is 11.1 Å². The third-order valence-corrected chi connectivity index (χ3v) is 3.59. The first-order valence-electron chi connectivity index (χ1n) is 7.49. The van der Waals surface area contributed by atoms with Gasteiger partial charge in [0.15, 0.2) is 0 Å². The first-order chi connectivity index (χ1) is 11.5. The van der Waals surface area contributed by atoms with E-state index in [1.807, 2.05) is 36.4 Å². The molecule has 0 aliphatic rings. The summed E-state index contributed by atoms with van der Waals surface area (Å²) in [5.41, 5.74) is 7.15. The Morgan fingerprint density at radius 2 is 1.79 bits per heavy atom. The number of nitrogens with two attached hydrogens (primary N) is 1. The molecule has 0 aliphatic heterocycles. The Bertz CT molecular complexity index is 692. The van der Waals surface area contributed by atoms with E-state index < -0.39 is 17.9 Å². The molecule has 6 heteroatoms. The van der Waals surface area contributed by atoms with E-state index in [1.54, 1.807) is 18.2 Å². The summed E-state index contributed by atoms with van der Waals surface area (Å²) in [5.74, 6) is -0.997. The molecule has 0 unspecified atom stereocenters. The topological polar surface area (TPSA) is 81.4 Å². The minimum atomic E-state index is -0.809. The van der Waals surface area contributed by atoms with Gasteiger partial charge >= 0.3 is 0 Å². The van der Waals surface area contributed by atoms with Crippen LogP contribution in [0.3, 0.4) is 0 Å². The van der Waals surface area contributed by atoms with Crippen molar-refractivity contribution in [1.29, 1.82) is 0 Å². The number of rotatable bonds is 8. The van der Waals surface area contributed by atoms with E-state index in [-0.39, 0.29) is 13.0 Å². The molecule has 0 saturated carbocycles. The third kappa shape index (κ3) is 6.02. The number of primary amides is 1. The van der Waals surface area contributed by atoms with E-state index in [2.05, 4.69) is 5.32 Å². The van der Waals surface area contributed by atoms with Crippen LogP contribution < -0.4 is 11.1 Å². The molecule has 2 aromatic carbocycles. The Hall–Kier alpha value is -2.37. The Kier molecular flexibility index (Phi) is 6.78. The molecule has 3 N–H and O–H groups in total. The molecular formula is C18H19ClN2O3. The first kappa shape index (κ1) is 18.0. The molecule has 126 valence electrons. The van der Waals surface area contributed by atoms with Crippen LogP contribution in [0.4, 0.5) is 0 Å². The molecule has 2 rings (SSSR count). The normalized spacial score (nSPS) is 11.7. The summed E-state index contributed by atoms with van der Waals surface area (Å²) in [6.45, 7) is 0.179. The standard InChI is InChI=1S/C18H19ClN2O3/c19-15-8-4-7-14(9-15)10-16(18(20)23)21-17(22)12-24-11-13-5-2-1-3-6-13/h1-9,16H,10-12H2,(H2,20,23)(H,21,22)/t16-/m0/s1. The van der Waals surface area contributed by atoms with Crippen LogP contribution in [-0.4, -0.2) is 24.5 Å². The molecule has 0 saturated heterocycles. The van der Waals surface area contributed by atoms with Crippen molar-refractivity contribution >= 4 is 23.4 Å². The van der Waals surface area contributed by atoms with Gasteiger partial charge in [-0.25, -0.2) is 0 Å². The second-order valence-corrected chi connectivity index (χ2v) is 5.77. The van der Waals surface area contributed by atoms with Crippen LogP contribution in [0.25, 0.3) is 0 Å². The Balaban J connectivity index is 1.83. The van der Waals surface area contributed by atoms with Crippen LogP contribution in [0, 0.1) is 0 Å². The van der Waals surface area contributed by atoms with Gasteiger partial charge in [0.2, 0.25) is 11.8 Å². The van der Waals surface area contributed by atoms with Crippen LogP contribution in [0.5, 0.6) is 0 Å². The number of carbonyl (C=O) groups excluding carboxylic acids is 2. The number of carbonyl (C=O) groups is 2. The van der Waals surface area contributed by atoms with Crippen LogP contribution in [-0.2, 0) is 27.4 Å². The van der Waals surface area contributed by atoms with Crippen molar-refractivity contribution in [3.05, 3.63) is 70.7 Å². The molecule has 1 atom stereocenters. The highest BCUT2D eigenvalue weighted by atomic mass is 35.5.